The van der Waals surface area contributed by atoms with Crippen LogP contribution in [0.25, 0.3) is 10.1 Å². The van der Waals surface area contributed by atoms with Crippen molar-refractivity contribution < 1.29 is 9.53 Å². The number of esters is 1. The van der Waals surface area contributed by atoms with E-state index in [9.17, 15) is 4.79 Å². The predicted octanol–water partition coefficient (Wildman–Crippen LogP) is 4.35. The van der Waals surface area contributed by atoms with Crippen molar-refractivity contribution in [3.8, 4) is 0 Å². The van der Waals surface area contributed by atoms with Crippen molar-refractivity contribution in [2.75, 3.05) is 7.11 Å². The third-order valence-corrected chi connectivity index (χ3v) is 4.67. The zero-order chi connectivity index (χ0) is 11.7. The summed E-state index contributed by atoms with van der Waals surface area (Å²) in [5.74, 6) is -0.275. The van der Waals surface area contributed by atoms with Crippen molar-refractivity contribution in [2.45, 2.75) is 5.33 Å². The molecule has 0 N–H and O–H groups in total. The summed E-state index contributed by atoms with van der Waals surface area (Å²) < 4.78 is 6.88. The van der Waals surface area contributed by atoms with Crippen molar-refractivity contribution in [1.29, 1.82) is 0 Å². The molecule has 0 bridgehead atoms. The van der Waals surface area contributed by atoms with Crippen LogP contribution < -0.4 is 0 Å². The second kappa shape index (κ2) is 4.85. The fourth-order valence-corrected chi connectivity index (χ4v) is 4.20. The van der Waals surface area contributed by atoms with Crippen LogP contribution in [-0.2, 0) is 10.1 Å². The molecule has 0 aliphatic carbocycles. The van der Waals surface area contributed by atoms with Gasteiger partial charge in [-0.1, -0.05) is 37.9 Å². The number of benzene rings is 1. The minimum absolute atomic E-state index is 0.275. The van der Waals surface area contributed by atoms with Crippen LogP contribution in [0.4, 0.5) is 0 Å². The Balaban J connectivity index is 2.77. The number of hydrogen-bond acceptors (Lipinski definition) is 3. The second-order valence-corrected chi connectivity index (χ2v) is 5.62. The summed E-state index contributed by atoms with van der Waals surface area (Å²) in [6, 6.07) is 5.94. The topological polar surface area (TPSA) is 26.3 Å². The number of ether oxygens (including phenoxy) is 1. The molecule has 0 unspecified atom stereocenters. The average Bonchev–Trinajstić information content (AvgIpc) is 2.68. The zero-order valence-corrected chi connectivity index (χ0v) is 12.4. The van der Waals surface area contributed by atoms with Crippen LogP contribution >= 0.6 is 43.2 Å². The lowest BCUT2D eigenvalue weighted by atomic mass is 10.1. The predicted molar refractivity (Wildman–Crippen MR) is 73.5 cm³/mol. The van der Waals surface area contributed by atoms with E-state index in [2.05, 4.69) is 31.9 Å². The van der Waals surface area contributed by atoms with Crippen LogP contribution in [0.2, 0.25) is 0 Å². The second-order valence-electron chi connectivity index (χ2n) is 3.15. The molecule has 2 rings (SSSR count). The zero-order valence-electron chi connectivity index (χ0n) is 8.42. The van der Waals surface area contributed by atoms with Gasteiger partial charge in [-0.05, 0) is 17.7 Å². The molecule has 1 aromatic carbocycles. The maximum Gasteiger partial charge on any atom is 0.348 e. The molecule has 0 amide bonds. The monoisotopic (exact) mass is 362 g/mol. The van der Waals surface area contributed by atoms with E-state index in [0.717, 1.165) is 20.1 Å². The van der Waals surface area contributed by atoms with Gasteiger partial charge < -0.3 is 4.74 Å². The van der Waals surface area contributed by atoms with Gasteiger partial charge in [-0.3, -0.25) is 0 Å². The Kier molecular flexibility index (Phi) is 3.66. The molecule has 2 nitrogen and oxygen atoms in total. The Morgan fingerprint density at radius 3 is 2.88 bits per heavy atom. The van der Waals surface area contributed by atoms with Gasteiger partial charge in [-0.15, -0.1) is 11.3 Å². The van der Waals surface area contributed by atoms with Gasteiger partial charge in [0.2, 0.25) is 0 Å². The third kappa shape index (κ3) is 1.92. The lowest BCUT2D eigenvalue weighted by Crippen LogP contribution is -2.00. The van der Waals surface area contributed by atoms with E-state index in [-0.39, 0.29) is 5.97 Å². The van der Waals surface area contributed by atoms with Crippen LogP contribution in [0.5, 0.6) is 0 Å². The molecule has 0 aliphatic heterocycles. The quantitative estimate of drug-likeness (QED) is 0.585. The van der Waals surface area contributed by atoms with E-state index in [0.29, 0.717) is 10.2 Å². The summed E-state index contributed by atoms with van der Waals surface area (Å²) >= 11 is 8.39. The van der Waals surface area contributed by atoms with Gasteiger partial charge in [0.25, 0.3) is 0 Å². The number of hydrogen-bond donors (Lipinski definition) is 0. The molecule has 84 valence electrons. The Labute approximate surface area is 114 Å². The Morgan fingerprint density at radius 2 is 2.25 bits per heavy atom. The van der Waals surface area contributed by atoms with Crippen molar-refractivity contribution in [1.82, 2.24) is 0 Å². The van der Waals surface area contributed by atoms with Crippen molar-refractivity contribution in [2.24, 2.45) is 0 Å². The summed E-state index contributed by atoms with van der Waals surface area (Å²) in [5, 5.41) is 1.73. The molecule has 1 heterocycles. The highest BCUT2D eigenvalue weighted by molar-refractivity contribution is 9.10. The first-order valence-electron chi connectivity index (χ1n) is 4.53. The lowest BCUT2D eigenvalue weighted by molar-refractivity contribution is 0.0605. The summed E-state index contributed by atoms with van der Waals surface area (Å²) in [5.41, 5.74) is 0.985. The molecule has 0 saturated heterocycles. The highest BCUT2D eigenvalue weighted by Gasteiger charge is 2.19. The maximum atomic E-state index is 11.6. The molecule has 0 aliphatic rings. The largest absolute Gasteiger partial charge is 0.465 e. The summed E-state index contributed by atoms with van der Waals surface area (Å²) in [4.78, 5) is 12.3. The van der Waals surface area contributed by atoms with Crippen LogP contribution in [-0.4, -0.2) is 13.1 Å². The van der Waals surface area contributed by atoms with Crippen LogP contribution in [0.1, 0.15) is 15.2 Å². The normalized spacial score (nSPS) is 10.7. The van der Waals surface area contributed by atoms with Crippen LogP contribution in [0.3, 0.4) is 0 Å². The molecule has 0 saturated carbocycles. The van der Waals surface area contributed by atoms with E-state index in [1.807, 2.05) is 18.2 Å². The van der Waals surface area contributed by atoms with Gasteiger partial charge >= 0.3 is 5.97 Å². The molecule has 5 heteroatoms. The van der Waals surface area contributed by atoms with Gasteiger partial charge in [0.15, 0.2) is 0 Å². The maximum absolute atomic E-state index is 11.6. The molecule has 16 heavy (non-hydrogen) atoms. The minimum atomic E-state index is -0.275. The fourth-order valence-electron chi connectivity index (χ4n) is 1.55. The van der Waals surface area contributed by atoms with Gasteiger partial charge in [-0.2, -0.15) is 0 Å². The van der Waals surface area contributed by atoms with Gasteiger partial charge in [0.1, 0.15) is 4.88 Å². The summed E-state index contributed by atoms with van der Waals surface area (Å²) in [7, 11) is 1.40. The molecule has 0 spiro atoms. The van der Waals surface area contributed by atoms with E-state index >= 15 is 0 Å². The van der Waals surface area contributed by atoms with E-state index < -0.39 is 0 Å². The first-order chi connectivity index (χ1) is 7.69. The number of methoxy groups -OCH3 is 1. The molecular formula is C11H8Br2O2S. The Hall–Kier alpha value is -0.390. The Morgan fingerprint density at radius 1 is 1.50 bits per heavy atom. The minimum Gasteiger partial charge on any atom is -0.465 e. The summed E-state index contributed by atoms with van der Waals surface area (Å²) in [6.45, 7) is 0. The number of thiophene rings is 1. The standard InChI is InChI=1S/C11H8Br2O2S/c1-15-11(14)10-6(5-12)9-7(13)3-2-4-8(9)16-10/h2-4H,5H2,1H3. The lowest BCUT2D eigenvalue weighted by Gasteiger charge is -1.99. The molecule has 0 atom stereocenters. The average molecular weight is 364 g/mol. The fraction of sp³-hybridized carbons (Fsp3) is 0.182. The molecule has 0 radical (unpaired) electrons. The van der Waals surface area contributed by atoms with Gasteiger partial charge in [0, 0.05) is 19.9 Å². The highest BCUT2D eigenvalue weighted by atomic mass is 79.9. The number of rotatable bonds is 2. The highest BCUT2D eigenvalue weighted by Crippen LogP contribution is 2.37. The molecular weight excluding hydrogens is 356 g/mol. The molecule has 2 aromatic rings. The van der Waals surface area contributed by atoms with E-state index in [4.69, 9.17) is 4.74 Å². The van der Waals surface area contributed by atoms with Gasteiger partial charge in [-0.25, -0.2) is 4.79 Å². The third-order valence-electron chi connectivity index (χ3n) is 2.27. The molecule has 0 fully saturated rings. The SMILES string of the molecule is COC(=O)c1sc2cccc(Br)c2c1CBr. The van der Waals surface area contributed by atoms with Crippen molar-refractivity contribution in [3.63, 3.8) is 0 Å². The summed E-state index contributed by atoms with van der Waals surface area (Å²) in [6.07, 6.45) is 0. The number of carbonyl (C=O) groups is 1. The number of alkyl halides is 1. The molecule has 1 aromatic heterocycles. The van der Waals surface area contributed by atoms with Crippen molar-refractivity contribution in [3.05, 3.63) is 33.1 Å². The Bertz CT molecular complexity index is 548. The smallest absolute Gasteiger partial charge is 0.348 e. The van der Waals surface area contributed by atoms with Crippen LogP contribution in [0, 0.1) is 0 Å². The van der Waals surface area contributed by atoms with Gasteiger partial charge in [0.05, 0.1) is 7.11 Å². The number of carbonyl (C=O) groups excluding carboxylic acids is 1. The first-order valence-corrected chi connectivity index (χ1v) is 7.26. The van der Waals surface area contributed by atoms with Crippen molar-refractivity contribution >= 4 is 59.3 Å². The number of halogens is 2. The van der Waals surface area contributed by atoms with E-state index in [1.165, 1.54) is 18.4 Å². The van der Waals surface area contributed by atoms with Crippen LogP contribution in [0.15, 0.2) is 22.7 Å². The number of fused-ring (bicyclic) bond motifs is 1. The first kappa shape index (κ1) is 12.1. The van der Waals surface area contributed by atoms with E-state index in [1.54, 1.807) is 0 Å².